The number of benzene rings is 1. The smallest absolute Gasteiger partial charge is 0.253 e. The van der Waals surface area contributed by atoms with E-state index in [1.165, 1.54) is 0 Å². The molecule has 1 unspecified atom stereocenters. The van der Waals surface area contributed by atoms with E-state index >= 15 is 0 Å². The van der Waals surface area contributed by atoms with Crippen LogP contribution in [-0.4, -0.2) is 23.9 Å². The molecule has 0 bridgehead atoms. The third-order valence-corrected chi connectivity index (χ3v) is 4.65. The molecule has 2 N–H and O–H groups in total. The van der Waals surface area contributed by atoms with E-state index in [1.54, 1.807) is 12.1 Å². The van der Waals surface area contributed by atoms with Crippen LogP contribution in [0.15, 0.2) is 12.1 Å². The van der Waals surface area contributed by atoms with E-state index in [4.69, 9.17) is 28.9 Å². The number of nitrogen functional groups attached to an aromatic ring is 1. The summed E-state index contributed by atoms with van der Waals surface area (Å²) in [5.41, 5.74) is 6.73. The lowest BCUT2D eigenvalue weighted by Gasteiger charge is -2.27. The summed E-state index contributed by atoms with van der Waals surface area (Å²) in [6.07, 6.45) is 1.03. The highest BCUT2D eigenvalue weighted by molar-refractivity contribution is 6.39. The van der Waals surface area contributed by atoms with Crippen LogP contribution in [0.25, 0.3) is 0 Å². The molecule has 3 nitrogen and oxygen atoms in total. The number of amides is 1. The van der Waals surface area contributed by atoms with Crippen LogP contribution in [0.2, 0.25) is 10.0 Å². The molecular weight excluding hydrogens is 295 g/mol. The number of likely N-dealkylation sites (tertiary alicyclic amines) is 1. The molecule has 0 radical (unpaired) electrons. The summed E-state index contributed by atoms with van der Waals surface area (Å²) >= 11 is 12.0. The number of anilines is 1. The molecule has 20 heavy (non-hydrogen) atoms. The van der Waals surface area contributed by atoms with Crippen LogP contribution >= 0.6 is 23.2 Å². The molecule has 1 aliphatic rings. The molecule has 1 heterocycles. The van der Waals surface area contributed by atoms with E-state index in [1.807, 2.05) is 4.90 Å². The van der Waals surface area contributed by atoms with Gasteiger partial charge in [-0.15, -0.1) is 0 Å². The van der Waals surface area contributed by atoms with Crippen LogP contribution in [0.5, 0.6) is 0 Å². The number of hydrogen-bond acceptors (Lipinski definition) is 2. The SMILES string of the molecule is CC(C)(C)C1CCN(C(=O)c2cc(Cl)c(N)c(Cl)c2)C1. The lowest BCUT2D eigenvalue weighted by molar-refractivity contribution is 0.0776. The van der Waals surface area contributed by atoms with Gasteiger partial charge in [0, 0.05) is 18.7 Å². The Morgan fingerprint density at radius 1 is 1.30 bits per heavy atom. The van der Waals surface area contributed by atoms with Crippen LogP contribution in [0.1, 0.15) is 37.6 Å². The fourth-order valence-corrected chi connectivity index (χ4v) is 3.03. The first-order valence-electron chi connectivity index (χ1n) is 6.74. The minimum atomic E-state index is -0.0273. The lowest BCUT2D eigenvalue weighted by atomic mass is 9.80. The molecule has 2 rings (SSSR count). The molecule has 1 atom stereocenters. The van der Waals surface area contributed by atoms with Gasteiger partial charge < -0.3 is 10.6 Å². The third-order valence-electron chi connectivity index (χ3n) is 4.03. The van der Waals surface area contributed by atoms with Crippen molar-refractivity contribution in [1.29, 1.82) is 0 Å². The van der Waals surface area contributed by atoms with Gasteiger partial charge in [-0.1, -0.05) is 44.0 Å². The highest BCUT2D eigenvalue weighted by Gasteiger charge is 2.34. The number of carbonyl (C=O) groups is 1. The van der Waals surface area contributed by atoms with Crippen molar-refractivity contribution in [1.82, 2.24) is 4.90 Å². The van der Waals surface area contributed by atoms with Gasteiger partial charge in [0.15, 0.2) is 0 Å². The van der Waals surface area contributed by atoms with E-state index in [-0.39, 0.29) is 11.3 Å². The average Bonchev–Trinajstić information content (AvgIpc) is 2.83. The molecule has 0 aromatic heterocycles. The monoisotopic (exact) mass is 314 g/mol. The molecule has 1 aromatic carbocycles. The second-order valence-corrected chi connectivity index (χ2v) is 7.27. The summed E-state index contributed by atoms with van der Waals surface area (Å²) in [7, 11) is 0. The van der Waals surface area contributed by atoms with Gasteiger partial charge in [0.05, 0.1) is 15.7 Å². The van der Waals surface area contributed by atoms with Gasteiger partial charge in [0.1, 0.15) is 0 Å². The summed E-state index contributed by atoms with van der Waals surface area (Å²) in [6.45, 7) is 8.19. The normalized spacial score (nSPS) is 19.4. The zero-order valence-corrected chi connectivity index (χ0v) is 13.6. The Bertz CT molecular complexity index is 514. The highest BCUT2D eigenvalue weighted by atomic mass is 35.5. The molecule has 0 saturated carbocycles. The van der Waals surface area contributed by atoms with Crippen molar-refractivity contribution in [3.05, 3.63) is 27.7 Å². The molecule has 0 aliphatic carbocycles. The summed E-state index contributed by atoms with van der Waals surface area (Å²) in [4.78, 5) is 14.4. The van der Waals surface area contributed by atoms with Crippen molar-refractivity contribution in [2.75, 3.05) is 18.8 Å². The van der Waals surface area contributed by atoms with Crippen molar-refractivity contribution < 1.29 is 4.79 Å². The fraction of sp³-hybridized carbons (Fsp3) is 0.533. The predicted octanol–water partition coefficient (Wildman–Crippen LogP) is 4.08. The number of carbonyl (C=O) groups excluding carboxylic acids is 1. The van der Waals surface area contributed by atoms with Crippen LogP contribution in [-0.2, 0) is 0 Å². The lowest BCUT2D eigenvalue weighted by Crippen LogP contribution is -2.31. The number of nitrogens with two attached hydrogens (primary N) is 1. The molecular formula is C15H20Cl2N2O. The van der Waals surface area contributed by atoms with Crippen molar-refractivity contribution in [3.63, 3.8) is 0 Å². The molecule has 1 amide bonds. The molecule has 110 valence electrons. The second-order valence-electron chi connectivity index (χ2n) is 6.46. The van der Waals surface area contributed by atoms with Gasteiger partial charge in [-0.05, 0) is 29.9 Å². The zero-order valence-electron chi connectivity index (χ0n) is 12.0. The number of nitrogens with zero attached hydrogens (tertiary/aromatic N) is 1. The van der Waals surface area contributed by atoms with E-state index < -0.39 is 0 Å². The maximum atomic E-state index is 12.5. The van der Waals surface area contributed by atoms with Crippen molar-refractivity contribution in [3.8, 4) is 0 Å². The molecule has 1 aromatic rings. The van der Waals surface area contributed by atoms with E-state index in [9.17, 15) is 4.79 Å². The Morgan fingerprint density at radius 3 is 2.30 bits per heavy atom. The standard InChI is InChI=1S/C15H20Cl2N2O/c1-15(2,3)10-4-5-19(8-10)14(20)9-6-11(16)13(18)12(17)7-9/h6-7,10H,4-5,8,18H2,1-3H3. The summed E-state index contributed by atoms with van der Waals surface area (Å²) in [5, 5.41) is 0.653. The molecule has 1 aliphatic heterocycles. The first kappa shape index (κ1) is 15.5. The second kappa shape index (κ2) is 5.45. The first-order valence-corrected chi connectivity index (χ1v) is 7.49. The van der Waals surface area contributed by atoms with Crippen LogP contribution in [0.3, 0.4) is 0 Å². The predicted molar refractivity (Wildman–Crippen MR) is 84.3 cm³/mol. The van der Waals surface area contributed by atoms with Crippen molar-refractivity contribution in [2.45, 2.75) is 27.2 Å². The van der Waals surface area contributed by atoms with Crippen molar-refractivity contribution >= 4 is 34.8 Å². The number of hydrogen-bond donors (Lipinski definition) is 1. The molecule has 1 saturated heterocycles. The third kappa shape index (κ3) is 3.04. The van der Waals surface area contributed by atoms with Gasteiger partial charge in [0.25, 0.3) is 5.91 Å². The Morgan fingerprint density at radius 2 is 1.85 bits per heavy atom. The van der Waals surface area contributed by atoms with Gasteiger partial charge in [-0.3, -0.25) is 4.79 Å². The largest absolute Gasteiger partial charge is 0.396 e. The average molecular weight is 315 g/mol. The van der Waals surface area contributed by atoms with E-state index in [0.29, 0.717) is 27.2 Å². The maximum Gasteiger partial charge on any atom is 0.253 e. The van der Waals surface area contributed by atoms with Crippen LogP contribution < -0.4 is 5.73 Å². The summed E-state index contributed by atoms with van der Waals surface area (Å²) in [5.74, 6) is 0.492. The number of rotatable bonds is 1. The van der Waals surface area contributed by atoms with Gasteiger partial charge in [-0.25, -0.2) is 0 Å². The van der Waals surface area contributed by atoms with E-state index in [0.717, 1.165) is 19.5 Å². The van der Waals surface area contributed by atoms with Gasteiger partial charge in [0.2, 0.25) is 0 Å². The summed E-state index contributed by atoms with van der Waals surface area (Å²) in [6, 6.07) is 3.19. The van der Waals surface area contributed by atoms with Crippen LogP contribution in [0.4, 0.5) is 5.69 Å². The minimum Gasteiger partial charge on any atom is -0.396 e. The molecule has 0 spiro atoms. The molecule has 1 fully saturated rings. The number of halogens is 2. The first-order chi connectivity index (χ1) is 9.20. The van der Waals surface area contributed by atoms with E-state index in [2.05, 4.69) is 20.8 Å². The zero-order chi connectivity index (χ0) is 15.1. The highest BCUT2D eigenvalue weighted by Crippen LogP contribution is 2.35. The maximum absolute atomic E-state index is 12.5. The Kier molecular flexibility index (Phi) is 4.22. The topological polar surface area (TPSA) is 46.3 Å². The Balaban J connectivity index is 2.17. The van der Waals surface area contributed by atoms with Gasteiger partial charge >= 0.3 is 0 Å². The van der Waals surface area contributed by atoms with Gasteiger partial charge in [-0.2, -0.15) is 0 Å². The minimum absolute atomic E-state index is 0.0273. The summed E-state index contributed by atoms with van der Waals surface area (Å²) < 4.78 is 0. The van der Waals surface area contributed by atoms with Crippen LogP contribution in [0, 0.1) is 11.3 Å². The Labute approximate surface area is 130 Å². The fourth-order valence-electron chi connectivity index (χ4n) is 2.54. The molecule has 5 heteroatoms. The Hall–Kier alpha value is -0.930. The quantitative estimate of drug-likeness (QED) is 0.794. The van der Waals surface area contributed by atoms with Crippen molar-refractivity contribution in [2.24, 2.45) is 11.3 Å².